The summed E-state index contributed by atoms with van der Waals surface area (Å²) in [6, 6.07) is 0. The highest BCUT2D eigenvalue weighted by Crippen LogP contribution is 2.18. The van der Waals surface area contributed by atoms with Crippen LogP contribution in [0.25, 0.3) is 0 Å². The molecule has 0 radical (unpaired) electrons. The quantitative estimate of drug-likeness (QED) is 0.0256. The van der Waals surface area contributed by atoms with Crippen LogP contribution in [0.2, 0.25) is 0 Å². The van der Waals surface area contributed by atoms with Crippen molar-refractivity contribution in [2.24, 2.45) is 5.92 Å². The van der Waals surface area contributed by atoms with Crippen molar-refractivity contribution in [2.45, 2.75) is 221 Å². The Morgan fingerprint density at radius 3 is 1.36 bits per heavy atom. The minimum Gasteiger partial charge on any atom is -0.465 e. The Balaban J connectivity index is 4.91. The molecule has 0 spiro atoms. The number of hydrogen-bond acceptors (Lipinski definition) is 10. The summed E-state index contributed by atoms with van der Waals surface area (Å²) in [6.07, 6.45) is 28.2. The number of esters is 3. The number of carbonyl (C=O) groups is 4. The molecule has 56 heavy (non-hydrogen) atoms. The zero-order valence-electron chi connectivity index (χ0n) is 37.0. The summed E-state index contributed by atoms with van der Waals surface area (Å²) in [4.78, 5) is 52.8. The zero-order valence-corrected chi connectivity index (χ0v) is 37.0. The fraction of sp³-hybridized carbons (Fsp3) is 0.913. The molecule has 1 atom stereocenters. The van der Waals surface area contributed by atoms with Crippen LogP contribution in [0, 0.1) is 5.92 Å². The van der Waals surface area contributed by atoms with Crippen LogP contribution in [0.3, 0.4) is 0 Å². The number of carbonyl (C=O) groups excluding carboxylic acids is 4. The van der Waals surface area contributed by atoms with Crippen LogP contribution >= 0.6 is 0 Å². The van der Waals surface area contributed by atoms with Gasteiger partial charge in [-0.25, -0.2) is 4.79 Å². The molecule has 0 heterocycles. The molecule has 330 valence electrons. The maximum absolute atomic E-state index is 12.9. The third-order valence-electron chi connectivity index (χ3n) is 10.5. The van der Waals surface area contributed by atoms with Gasteiger partial charge in [-0.3, -0.25) is 14.4 Å². The maximum Gasteiger partial charge on any atom is 0.508 e. The van der Waals surface area contributed by atoms with E-state index in [0.717, 1.165) is 77.4 Å². The van der Waals surface area contributed by atoms with Crippen molar-refractivity contribution in [2.75, 3.05) is 46.1 Å². The second-order valence-corrected chi connectivity index (χ2v) is 15.7. The molecular formula is C46H87NO9. The molecule has 1 unspecified atom stereocenters. The minimum absolute atomic E-state index is 0.0809. The van der Waals surface area contributed by atoms with Crippen molar-refractivity contribution >= 4 is 24.1 Å². The molecule has 0 aliphatic carbocycles. The minimum atomic E-state index is -0.821. The SMILES string of the molecule is CCCCCCCCCCCCCC(=O)OCC(COC(=O)CC(=O)OC(CCCCCCCC)CCCCCCCC)COC(=O)OCCCN(CC)CC. The van der Waals surface area contributed by atoms with Crippen molar-refractivity contribution in [3.63, 3.8) is 0 Å². The van der Waals surface area contributed by atoms with Gasteiger partial charge < -0.3 is 28.6 Å². The van der Waals surface area contributed by atoms with E-state index in [9.17, 15) is 19.2 Å². The Hall–Kier alpha value is -2.36. The van der Waals surface area contributed by atoms with Crippen LogP contribution < -0.4 is 0 Å². The summed E-state index contributed by atoms with van der Waals surface area (Å²) >= 11 is 0. The second kappa shape index (κ2) is 40.8. The maximum atomic E-state index is 12.9. The van der Waals surface area contributed by atoms with Gasteiger partial charge in [0, 0.05) is 13.0 Å². The van der Waals surface area contributed by atoms with Crippen LogP contribution in [0.15, 0.2) is 0 Å². The Labute approximate surface area is 343 Å². The molecule has 0 saturated heterocycles. The van der Waals surface area contributed by atoms with E-state index >= 15 is 0 Å². The number of unbranched alkanes of at least 4 members (excludes halogenated alkanes) is 20. The van der Waals surface area contributed by atoms with E-state index in [4.69, 9.17) is 23.7 Å². The molecule has 0 saturated carbocycles. The molecule has 0 bridgehead atoms. The van der Waals surface area contributed by atoms with E-state index in [0.29, 0.717) is 12.8 Å². The van der Waals surface area contributed by atoms with Gasteiger partial charge in [0.2, 0.25) is 0 Å². The molecule has 10 nitrogen and oxygen atoms in total. The second-order valence-electron chi connectivity index (χ2n) is 15.7. The van der Waals surface area contributed by atoms with E-state index in [1.165, 1.54) is 103 Å². The molecule has 0 aliphatic heterocycles. The highest BCUT2D eigenvalue weighted by molar-refractivity contribution is 5.91. The number of rotatable bonds is 41. The van der Waals surface area contributed by atoms with E-state index in [1.807, 2.05) is 0 Å². The van der Waals surface area contributed by atoms with Crippen LogP contribution in [0.5, 0.6) is 0 Å². The highest BCUT2D eigenvalue weighted by atomic mass is 16.7. The monoisotopic (exact) mass is 798 g/mol. The summed E-state index contributed by atoms with van der Waals surface area (Å²) in [5, 5.41) is 0. The zero-order chi connectivity index (χ0) is 41.3. The lowest BCUT2D eigenvalue weighted by molar-refractivity contribution is -0.159. The van der Waals surface area contributed by atoms with Gasteiger partial charge >= 0.3 is 24.1 Å². The number of hydrogen-bond donors (Lipinski definition) is 0. The predicted octanol–water partition coefficient (Wildman–Crippen LogP) is 12.1. The predicted molar refractivity (Wildman–Crippen MR) is 227 cm³/mol. The van der Waals surface area contributed by atoms with E-state index in [-0.39, 0.29) is 38.5 Å². The molecule has 0 aromatic heterocycles. The van der Waals surface area contributed by atoms with Gasteiger partial charge in [-0.15, -0.1) is 0 Å². The number of ether oxygens (including phenoxy) is 5. The van der Waals surface area contributed by atoms with Crippen molar-refractivity contribution in [1.29, 1.82) is 0 Å². The standard InChI is InChI=1S/C46H87NO9/c1-6-11-14-17-20-21-22-23-24-27-30-34-43(48)53-38-41(40-55-46(51)52-36-31-35-47(9-4)10-5)39-54-44(49)37-45(50)56-42(32-28-25-18-15-12-7-2)33-29-26-19-16-13-8-3/h41-42H,6-40H2,1-5H3. The first-order valence-electron chi connectivity index (χ1n) is 23.3. The third-order valence-corrected chi connectivity index (χ3v) is 10.5. The largest absolute Gasteiger partial charge is 0.508 e. The summed E-state index contributed by atoms with van der Waals surface area (Å²) in [5.74, 6) is -2.24. The molecule has 0 rings (SSSR count). The van der Waals surface area contributed by atoms with Gasteiger partial charge in [0.15, 0.2) is 0 Å². The van der Waals surface area contributed by atoms with E-state index in [2.05, 4.69) is 39.5 Å². The molecule has 10 heteroatoms. The van der Waals surface area contributed by atoms with E-state index < -0.39 is 30.4 Å². The summed E-state index contributed by atoms with van der Waals surface area (Å²) in [5.41, 5.74) is 0. The van der Waals surface area contributed by atoms with Crippen molar-refractivity contribution < 1.29 is 42.9 Å². The summed E-state index contributed by atoms with van der Waals surface area (Å²) in [6.45, 7) is 13.3. The Morgan fingerprint density at radius 2 is 0.875 bits per heavy atom. The molecule has 0 aromatic carbocycles. The van der Waals surface area contributed by atoms with Crippen LogP contribution in [0.1, 0.15) is 214 Å². The lowest BCUT2D eigenvalue weighted by Crippen LogP contribution is -2.28. The van der Waals surface area contributed by atoms with Gasteiger partial charge in [0.05, 0.1) is 12.5 Å². The van der Waals surface area contributed by atoms with Crippen molar-refractivity contribution in [3.05, 3.63) is 0 Å². The number of nitrogens with zero attached hydrogens (tertiary/aromatic N) is 1. The average molecular weight is 798 g/mol. The lowest BCUT2D eigenvalue weighted by atomic mass is 10.0. The van der Waals surface area contributed by atoms with Crippen LogP contribution in [0.4, 0.5) is 4.79 Å². The first-order chi connectivity index (χ1) is 27.3. The topological polar surface area (TPSA) is 118 Å². The lowest BCUT2D eigenvalue weighted by Gasteiger charge is -2.19. The van der Waals surface area contributed by atoms with Gasteiger partial charge in [-0.2, -0.15) is 0 Å². The van der Waals surface area contributed by atoms with Gasteiger partial charge in [-0.1, -0.05) is 163 Å². The summed E-state index contributed by atoms with van der Waals surface area (Å²) in [7, 11) is 0. The van der Waals surface area contributed by atoms with Crippen LogP contribution in [-0.4, -0.2) is 81.1 Å². The van der Waals surface area contributed by atoms with Crippen LogP contribution in [-0.2, 0) is 38.1 Å². The summed E-state index contributed by atoms with van der Waals surface area (Å²) < 4.78 is 27.3. The Morgan fingerprint density at radius 1 is 0.446 bits per heavy atom. The Kier molecular flexibility index (Phi) is 39.1. The molecular weight excluding hydrogens is 711 g/mol. The fourth-order valence-electron chi connectivity index (χ4n) is 6.75. The first-order valence-corrected chi connectivity index (χ1v) is 23.3. The first kappa shape index (κ1) is 53.6. The highest BCUT2D eigenvalue weighted by Gasteiger charge is 2.22. The molecule has 0 amide bonds. The fourth-order valence-corrected chi connectivity index (χ4v) is 6.75. The molecule has 0 fully saturated rings. The van der Waals surface area contributed by atoms with Gasteiger partial charge in [0.25, 0.3) is 0 Å². The molecule has 0 aliphatic rings. The molecule has 0 aromatic rings. The third kappa shape index (κ3) is 36.0. The van der Waals surface area contributed by atoms with Crippen molar-refractivity contribution in [1.82, 2.24) is 4.90 Å². The van der Waals surface area contributed by atoms with Crippen molar-refractivity contribution in [3.8, 4) is 0 Å². The molecule has 0 N–H and O–H groups in total. The normalized spacial score (nSPS) is 11.8. The van der Waals surface area contributed by atoms with Gasteiger partial charge in [0.1, 0.15) is 32.3 Å². The smallest absolute Gasteiger partial charge is 0.465 e. The average Bonchev–Trinajstić information content (AvgIpc) is 3.19. The van der Waals surface area contributed by atoms with E-state index in [1.54, 1.807) is 0 Å². The van der Waals surface area contributed by atoms with Gasteiger partial charge in [-0.05, 0) is 51.6 Å². The Bertz CT molecular complexity index is 910.